The number of nitrogens with zero attached hydrogens (tertiary/aromatic N) is 4. The van der Waals surface area contributed by atoms with Crippen molar-refractivity contribution in [2.45, 2.75) is 39.2 Å². The molecular formula is C27H30F2N4O2. The Hall–Kier alpha value is -3.39. The molecule has 8 heteroatoms. The first-order valence-electron chi connectivity index (χ1n) is 12.0. The van der Waals surface area contributed by atoms with Crippen LogP contribution in [-0.4, -0.2) is 46.9 Å². The van der Waals surface area contributed by atoms with Crippen molar-refractivity contribution in [1.82, 2.24) is 14.9 Å². The summed E-state index contributed by atoms with van der Waals surface area (Å²) >= 11 is 0. The molecular weight excluding hydrogens is 450 g/mol. The minimum absolute atomic E-state index is 0.355. The predicted molar refractivity (Wildman–Crippen MR) is 131 cm³/mol. The van der Waals surface area contributed by atoms with Gasteiger partial charge in [-0.25, -0.2) is 13.8 Å². The molecule has 0 aliphatic carbocycles. The van der Waals surface area contributed by atoms with Gasteiger partial charge in [-0.1, -0.05) is 11.2 Å². The van der Waals surface area contributed by atoms with Crippen molar-refractivity contribution < 1.29 is 18.4 Å². The van der Waals surface area contributed by atoms with Gasteiger partial charge in [-0.2, -0.15) is 0 Å². The molecule has 3 heterocycles. The van der Waals surface area contributed by atoms with E-state index in [1.165, 1.54) is 11.6 Å². The molecule has 0 atom stereocenters. The number of hydrogen-bond acceptors (Lipinski definition) is 6. The Bertz CT molecular complexity index is 1150. The maximum atomic E-state index is 13.8. The van der Waals surface area contributed by atoms with Gasteiger partial charge in [0, 0.05) is 30.6 Å². The van der Waals surface area contributed by atoms with Crippen LogP contribution in [-0.2, 0) is 11.4 Å². The van der Waals surface area contributed by atoms with Gasteiger partial charge in [0.15, 0.2) is 11.6 Å². The number of halogens is 2. The quantitative estimate of drug-likeness (QED) is 0.306. The van der Waals surface area contributed by atoms with E-state index in [4.69, 9.17) is 9.57 Å². The van der Waals surface area contributed by atoms with Crippen LogP contribution >= 0.6 is 0 Å². The average Bonchev–Trinajstić information content (AvgIpc) is 2.88. The van der Waals surface area contributed by atoms with Crippen molar-refractivity contribution >= 4 is 5.71 Å². The number of benzene rings is 1. The second-order valence-electron chi connectivity index (χ2n) is 8.45. The van der Waals surface area contributed by atoms with Crippen LogP contribution in [0.25, 0.3) is 0 Å². The molecule has 1 aromatic carbocycles. The maximum absolute atomic E-state index is 13.8. The summed E-state index contributed by atoms with van der Waals surface area (Å²) in [7, 11) is 0. The summed E-state index contributed by atoms with van der Waals surface area (Å²) in [4.78, 5) is 16.4. The Morgan fingerprint density at radius 3 is 2.51 bits per heavy atom. The SMILES string of the molecule is CCON=C(c1ccc(F)c(F)c1)c1ccc(CN2CCC(c3ccnc(OCC)c3)CC2)cn1. The predicted octanol–water partition coefficient (Wildman–Crippen LogP) is 5.32. The smallest absolute Gasteiger partial charge is 0.213 e. The topological polar surface area (TPSA) is 59.8 Å². The van der Waals surface area contributed by atoms with Crippen LogP contribution in [0.5, 0.6) is 5.88 Å². The van der Waals surface area contributed by atoms with E-state index >= 15 is 0 Å². The van der Waals surface area contributed by atoms with Crippen LogP contribution in [0.15, 0.2) is 60.0 Å². The van der Waals surface area contributed by atoms with Crippen molar-refractivity contribution in [1.29, 1.82) is 0 Å². The Labute approximate surface area is 204 Å². The van der Waals surface area contributed by atoms with Gasteiger partial charge in [0.25, 0.3) is 0 Å². The Morgan fingerprint density at radius 2 is 1.83 bits per heavy atom. The lowest BCUT2D eigenvalue weighted by Crippen LogP contribution is -2.32. The Morgan fingerprint density at radius 1 is 1.00 bits per heavy atom. The maximum Gasteiger partial charge on any atom is 0.213 e. The first-order chi connectivity index (χ1) is 17.1. The molecule has 0 saturated carbocycles. The zero-order valence-corrected chi connectivity index (χ0v) is 20.1. The molecule has 0 N–H and O–H groups in total. The van der Waals surface area contributed by atoms with Crippen LogP contribution in [0, 0.1) is 11.6 Å². The van der Waals surface area contributed by atoms with Crippen LogP contribution < -0.4 is 4.74 Å². The third kappa shape index (κ3) is 6.39. The molecule has 184 valence electrons. The molecule has 35 heavy (non-hydrogen) atoms. The first kappa shape index (κ1) is 24.7. The highest BCUT2D eigenvalue weighted by atomic mass is 19.2. The minimum Gasteiger partial charge on any atom is -0.478 e. The van der Waals surface area contributed by atoms with Gasteiger partial charge in [-0.3, -0.25) is 9.88 Å². The van der Waals surface area contributed by atoms with E-state index in [1.54, 1.807) is 13.1 Å². The first-order valence-corrected chi connectivity index (χ1v) is 12.0. The van der Waals surface area contributed by atoms with Crippen molar-refractivity contribution in [3.05, 3.63) is 88.9 Å². The van der Waals surface area contributed by atoms with Crippen molar-refractivity contribution in [3.63, 3.8) is 0 Å². The summed E-state index contributed by atoms with van der Waals surface area (Å²) < 4.78 is 32.7. The molecule has 1 fully saturated rings. The number of aromatic nitrogens is 2. The third-order valence-electron chi connectivity index (χ3n) is 6.06. The summed E-state index contributed by atoms with van der Waals surface area (Å²) in [6.45, 7) is 7.51. The number of ether oxygens (including phenoxy) is 1. The number of rotatable bonds is 9. The van der Waals surface area contributed by atoms with Gasteiger partial charge < -0.3 is 9.57 Å². The Balaban J connectivity index is 1.39. The average molecular weight is 481 g/mol. The fourth-order valence-corrected chi connectivity index (χ4v) is 4.27. The van der Waals surface area contributed by atoms with Crippen LogP contribution in [0.1, 0.15) is 55.0 Å². The van der Waals surface area contributed by atoms with Gasteiger partial charge in [-0.05, 0) is 87.2 Å². The second-order valence-corrected chi connectivity index (χ2v) is 8.45. The zero-order valence-electron chi connectivity index (χ0n) is 20.1. The summed E-state index contributed by atoms with van der Waals surface area (Å²) in [6, 6.07) is 11.6. The van der Waals surface area contributed by atoms with E-state index in [2.05, 4.69) is 32.2 Å². The zero-order chi connectivity index (χ0) is 24.6. The van der Waals surface area contributed by atoms with Gasteiger partial charge in [0.05, 0.1) is 12.3 Å². The fraction of sp³-hybridized carbons (Fsp3) is 0.370. The minimum atomic E-state index is -0.937. The van der Waals surface area contributed by atoms with E-state index in [0.717, 1.165) is 50.2 Å². The van der Waals surface area contributed by atoms with Crippen LogP contribution in [0.2, 0.25) is 0 Å². The molecule has 1 saturated heterocycles. The summed E-state index contributed by atoms with van der Waals surface area (Å²) in [5, 5.41) is 4.09. The van der Waals surface area contributed by atoms with Crippen LogP contribution in [0.4, 0.5) is 8.78 Å². The molecule has 3 aromatic rings. The highest BCUT2D eigenvalue weighted by Crippen LogP contribution is 2.30. The number of piperidine rings is 1. The summed E-state index contributed by atoms with van der Waals surface area (Å²) in [6.07, 6.45) is 5.77. The van der Waals surface area contributed by atoms with Crippen molar-refractivity contribution in [2.75, 3.05) is 26.3 Å². The molecule has 0 spiro atoms. The standard InChI is InChI=1S/C27H30F2N4O2/c1-3-34-26-16-21(9-12-30-26)20-10-13-33(14-11-20)18-19-5-8-25(31-17-19)27(32-35-4-2)22-6-7-23(28)24(29)15-22/h5-9,12,15-17,20H,3-4,10-11,13-14,18H2,1-2H3. The Kier molecular flexibility index (Phi) is 8.36. The van der Waals surface area contributed by atoms with E-state index < -0.39 is 11.6 Å². The van der Waals surface area contributed by atoms with E-state index in [0.29, 0.717) is 42.0 Å². The summed E-state index contributed by atoms with van der Waals surface area (Å²) in [5.41, 5.74) is 3.67. The van der Waals surface area contributed by atoms with Gasteiger partial charge in [0.2, 0.25) is 5.88 Å². The van der Waals surface area contributed by atoms with Gasteiger partial charge in [-0.15, -0.1) is 0 Å². The molecule has 2 aromatic heterocycles. The lowest BCUT2D eigenvalue weighted by molar-refractivity contribution is 0.159. The molecule has 0 radical (unpaired) electrons. The van der Waals surface area contributed by atoms with E-state index in [-0.39, 0.29) is 0 Å². The molecule has 4 rings (SSSR count). The number of pyridine rings is 2. The van der Waals surface area contributed by atoms with Gasteiger partial charge >= 0.3 is 0 Å². The molecule has 6 nitrogen and oxygen atoms in total. The van der Waals surface area contributed by atoms with E-state index in [9.17, 15) is 8.78 Å². The van der Waals surface area contributed by atoms with Gasteiger partial charge in [0.1, 0.15) is 12.3 Å². The lowest BCUT2D eigenvalue weighted by Gasteiger charge is -2.32. The van der Waals surface area contributed by atoms with Crippen LogP contribution in [0.3, 0.4) is 0 Å². The molecule has 0 amide bonds. The normalized spacial score (nSPS) is 15.3. The van der Waals surface area contributed by atoms with Crippen molar-refractivity contribution in [2.24, 2.45) is 5.16 Å². The number of oxime groups is 1. The largest absolute Gasteiger partial charge is 0.478 e. The molecule has 1 aliphatic heterocycles. The molecule has 0 bridgehead atoms. The fourth-order valence-electron chi connectivity index (χ4n) is 4.27. The number of hydrogen-bond donors (Lipinski definition) is 0. The van der Waals surface area contributed by atoms with Crippen molar-refractivity contribution in [3.8, 4) is 5.88 Å². The highest BCUT2D eigenvalue weighted by Gasteiger charge is 2.21. The highest BCUT2D eigenvalue weighted by molar-refractivity contribution is 6.11. The number of likely N-dealkylation sites (tertiary alicyclic amines) is 1. The summed E-state index contributed by atoms with van der Waals surface area (Å²) in [5.74, 6) is -0.653. The third-order valence-corrected chi connectivity index (χ3v) is 6.06. The van der Waals surface area contributed by atoms with E-state index in [1.807, 2.05) is 25.3 Å². The monoisotopic (exact) mass is 480 g/mol. The lowest BCUT2D eigenvalue weighted by atomic mass is 9.90. The second kappa shape index (κ2) is 11.8. The molecule has 0 unspecified atom stereocenters. The molecule has 1 aliphatic rings.